The van der Waals surface area contributed by atoms with Crippen LogP contribution in [0.1, 0.15) is 32.1 Å². The average Bonchev–Trinajstić information content (AvgIpc) is 2.84. The summed E-state index contributed by atoms with van der Waals surface area (Å²) in [5.41, 5.74) is -1.47. The Bertz CT molecular complexity index is 1250. The molecule has 192 valence electrons. The van der Waals surface area contributed by atoms with Gasteiger partial charge in [0.25, 0.3) is 5.69 Å². The molecule has 1 aromatic carbocycles. The molecule has 0 spiro atoms. The van der Waals surface area contributed by atoms with Gasteiger partial charge in [-0.05, 0) is 43.9 Å². The highest BCUT2D eigenvalue weighted by atomic mass is 32.2. The predicted molar refractivity (Wildman–Crippen MR) is 129 cm³/mol. The number of ketones is 2. The van der Waals surface area contributed by atoms with Crippen LogP contribution < -0.4 is 0 Å². The quantitative estimate of drug-likeness (QED) is 0.345. The third kappa shape index (κ3) is 4.65. The number of rotatable bonds is 6. The van der Waals surface area contributed by atoms with Gasteiger partial charge in [0.15, 0.2) is 11.6 Å². The first-order chi connectivity index (χ1) is 17.1. The molecule has 2 aliphatic carbocycles. The van der Waals surface area contributed by atoms with Gasteiger partial charge in [-0.2, -0.15) is 4.31 Å². The summed E-state index contributed by atoms with van der Waals surface area (Å²) in [5, 5.41) is 22.3. The van der Waals surface area contributed by atoms with Crippen LogP contribution in [0.3, 0.4) is 0 Å². The van der Waals surface area contributed by atoms with Gasteiger partial charge in [-0.25, -0.2) is 8.42 Å². The van der Waals surface area contributed by atoms with Crippen LogP contribution in [0.25, 0.3) is 0 Å². The molecular weight excluding hydrogens is 488 g/mol. The van der Waals surface area contributed by atoms with Crippen molar-refractivity contribution in [1.29, 1.82) is 0 Å². The van der Waals surface area contributed by atoms with E-state index < -0.39 is 38.4 Å². The molecule has 1 N–H and O–H groups in total. The third-order valence-corrected chi connectivity index (χ3v) is 9.16. The van der Waals surface area contributed by atoms with E-state index in [1.165, 1.54) is 41.8 Å². The van der Waals surface area contributed by atoms with Gasteiger partial charge < -0.3 is 9.84 Å². The van der Waals surface area contributed by atoms with Crippen molar-refractivity contribution in [3.8, 4) is 0 Å². The molecule has 1 aliphatic heterocycles. The van der Waals surface area contributed by atoms with Crippen LogP contribution in [0, 0.1) is 21.4 Å². The van der Waals surface area contributed by atoms with Crippen molar-refractivity contribution >= 4 is 27.3 Å². The standard InChI is InChI=1S/C25H28N2O8S/c1-35-23-15-22(29)21-14-19(28)11-12-25(21,24(23)30)16-18-6-4-2-3-5-13-26(18)36(33,34)20-9-7-17(8-10-20)27(31)32/h4,6-12,15,18,21,24,30H,2-3,5,13-14,16H2,1H3/b6-4-/t18-,21-,24+,25+/m0/s1. The van der Waals surface area contributed by atoms with E-state index in [-0.39, 0.29) is 47.3 Å². The highest BCUT2D eigenvalue weighted by Crippen LogP contribution is 2.49. The molecule has 0 unspecified atom stereocenters. The van der Waals surface area contributed by atoms with Crippen molar-refractivity contribution in [3.05, 3.63) is 70.5 Å². The van der Waals surface area contributed by atoms with Crippen molar-refractivity contribution in [2.45, 2.75) is 49.1 Å². The molecule has 1 heterocycles. The molecule has 0 saturated heterocycles. The van der Waals surface area contributed by atoms with Gasteiger partial charge in [-0.3, -0.25) is 19.7 Å². The number of nitro groups is 1. The highest BCUT2D eigenvalue weighted by molar-refractivity contribution is 7.89. The number of non-ortho nitro benzene ring substituents is 1. The summed E-state index contributed by atoms with van der Waals surface area (Å²) >= 11 is 0. The van der Waals surface area contributed by atoms with E-state index >= 15 is 0 Å². The van der Waals surface area contributed by atoms with Crippen molar-refractivity contribution in [1.82, 2.24) is 4.31 Å². The average molecular weight is 517 g/mol. The Morgan fingerprint density at radius 2 is 1.94 bits per heavy atom. The number of fused-ring (bicyclic) bond motifs is 1. The molecule has 4 rings (SSSR count). The number of carbonyl (C=O) groups excluding carboxylic acids is 2. The molecule has 0 radical (unpaired) electrons. The van der Waals surface area contributed by atoms with Gasteiger partial charge in [0.05, 0.1) is 16.9 Å². The maximum Gasteiger partial charge on any atom is 0.269 e. The summed E-state index contributed by atoms with van der Waals surface area (Å²) in [5.74, 6) is -1.38. The number of aliphatic hydroxyl groups is 1. The minimum atomic E-state index is -4.09. The Balaban J connectivity index is 1.77. The van der Waals surface area contributed by atoms with Gasteiger partial charge in [-0.1, -0.05) is 18.2 Å². The molecule has 0 saturated carbocycles. The highest BCUT2D eigenvalue weighted by Gasteiger charge is 2.54. The minimum absolute atomic E-state index is 0.0394. The number of benzene rings is 1. The lowest BCUT2D eigenvalue weighted by molar-refractivity contribution is -0.384. The molecule has 0 bridgehead atoms. The number of nitrogens with zero attached hydrogens (tertiary/aromatic N) is 2. The summed E-state index contributed by atoms with van der Waals surface area (Å²) in [6, 6.07) is 3.95. The molecule has 3 aliphatic rings. The van der Waals surface area contributed by atoms with Crippen molar-refractivity contribution in [3.63, 3.8) is 0 Å². The van der Waals surface area contributed by atoms with Crippen LogP contribution in [0.15, 0.2) is 65.3 Å². The molecule has 10 nitrogen and oxygen atoms in total. The first-order valence-corrected chi connectivity index (χ1v) is 13.2. The van der Waals surface area contributed by atoms with Gasteiger partial charge in [0, 0.05) is 48.5 Å². The fourth-order valence-electron chi connectivity index (χ4n) is 5.30. The number of aliphatic hydroxyl groups excluding tert-OH is 1. The van der Waals surface area contributed by atoms with Crippen LogP contribution >= 0.6 is 0 Å². The van der Waals surface area contributed by atoms with E-state index in [0.29, 0.717) is 6.42 Å². The molecular formula is C25H28N2O8S. The van der Waals surface area contributed by atoms with E-state index in [1.807, 2.05) is 6.08 Å². The molecule has 1 aromatic rings. The maximum atomic E-state index is 13.7. The van der Waals surface area contributed by atoms with E-state index in [0.717, 1.165) is 25.0 Å². The summed E-state index contributed by atoms with van der Waals surface area (Å²) in [6.07, 6.45) is 8.53. The Hall–Kier alpha value is -3.15. The Morgan fingerprint density at radius 3 is 2.61 bits per heavy atom. The zero-order valence-corrected chi connectivity index (χ0v) is 20.6. The molecule has 0 fully saturated rings. The summed E-state index contributed by atoms with van der Waals surface area (Å²) < 4.78 is 34.1. The monoisotopic (exact) mass is 516 g/mol. The van der Waals surface area contributed by atoms with Crippen LogP contribution in [0.2, 0.25) is 0 Å². The van der Waals surface area contributed by atoms with Crippen LogP contribution in [-0.2, 0) is 24.3 Å². The third-order valence-electron chi connectivity index (χ3n) is 7.22. The molecule has 36 heavy (non-hydrogen) atoms. The second-order valence-corrected chi connectivity index (χ2v) is 11.2. The Morgan fingerprint density at radius 1 is 1.22 bits per heavy atom. The van der Waals surface area contributed by atoms with Gasteiger partial charge in [0.1, 0.15) is 11.9 Å². The minimum Gasteiger partial charge on any atom is -0.498 e. The van der Waals surface area contributed by atoms with E-state index in [1.54, 1.807) is 6.08 Å². The summed E-state index contributed by atoms with van der Waals surface area (Å²) in [7, 11) is -2.75. The van der Waals surface area contributed by atoms with Gasteiger partial charge >= 0.3 is 0 Å². The second kappa shape index (κ2) is 10.1. The zero-order valence-electron chi connectivity index (χ0n) is 19.8. The second-order valence-electron chi connectivity index (χ2n) is 9.29. The number of hydrogen-bond donors (Lipinski definition) is 1. The van der Waals surface area contributed by atoms with Gasteiger partial charge in [-0.15, -0.1) is 0 Å². The Kier molecular flexibility index (Phi) is 7.26. The van der Waals surface area contributed by atoms with Crippen LogP contribution in [0.5, 0.6) is 0 Å². The number of nitro benzene ring substituents is 1. The largest absolute Gasteiger partial charge is 0.498 e. The number of methoxy groups -OCH3 is 1. The number of allylic oxidation sites excluding steroid dienone is 3. The zero-order chi connectivity index (χ0) is 26.1. The van der Waals surface area contributed by atoms with Crippen LogP contribution in [0.4, 0.5) is 5.69 Å². The maximum absolute atomic E-state index is 13.7. The number of carbonyl (C=O) groups is 2. The van der Waals surface area contributed by atoms with Crippen molar-refractivity contribution < 1.29 is 32.8 Å². The van der Waals surface area contributed by atoms with Crippen molar-refractivity contribution in [2.24, 2.45) is 11.3 Å². The normalized spacial score (nSPS) is 30.1. The first kappa shape index (κ1) is 25.9. The fourth-order valence-corrected chi connectivity index (χ4v) is 6.92. The number of ether oxygens (including phenoxy) is 1. The molecule has 11 heteroatoms. The summed E-state index contributed by atoms with van der Waals surface area (Å²) in [4.78, 5) is 35.5. The fraction of sp³-hybridized carbons (Fsp3) is 0.440. The smallest absolute Gasteiger partial charge is 0.269 e. The van der Waals surface area contributed by atoms with E-state index in [9.17, 15) is 33.2 Å². The topological polar surface area (TPSA) is 144 Å². The van der Waals surface area contributed by atoms with E-state index in [4.69, 9.17) is 4.74 Å². The van der Waals surface area contributed by atoms with Crippen molar-refractivity contribution in [2.75, 3.05) is 13.7 Å². The lowest BCUT2D eigenvalue weighted by Crippen LogP contribution is -2.54. The lowest BCUT2D eigenvalue weighted by Gasteiger charge is -2.48. The SMILES string of the molecule is COC1=CC(=O)[C@@H]2CC(=O)C=C[C@]2(C[C@@H]2/C=C\CCCCN2S(=O)(=O)c2ccc([N+](=O)[O-])cc2)[C@@H]1O. The predicted octanol–water partition coefficient (Wildman–Crippen LogP) is 2.69. The van der Waals surface area contributed by atoms with Crippen LogP contribution in [-0.4, -0.2) is 60.1 Å². The number of sulfonamides is 1. The molecule has 0 amide bonds. The van der Waals surface area contributed by atoms with Gasteiger partial charge in [0.2, 0.25) is 10.0 Å². The van der Waals surface area contributed by atoms with E-state index in [2.05, 4.69) is 0 Å². The molecule has 0 aromatic heterocycles. The summed E-state index contributed by atoms with van der Waals surface area (Å²) in [6.45, 7) is 0.189. The Labute approximate surface area is 209 Å². The lowest BCUT2D eigenvalue weighted by atomic mass is 9.59. The molecule has 4 atom stereocenters. The number of hydrogen-bond acceptors (Lipinski definition) is 8. The first-order valence-electron chi connectivity index (χ1n) is 11.7.